The van der Waals surface area contributed by atoms with Crippen molar-refractivity contribution in [2.75, 3.05) is 11.5 Å². The second-order valence-corrected chi connectivity index (χ2v) is 3.33. The number of anilines is 2. The molecule has 1 rings (SSSR count). The number of nitrogens with two attached hydrogens (primary N) is 2. The molecule has 1 aromatic carbocycles. The van der Waals surface area contributed by atoms with Gasteiger partial charge in [-0.3, -0.25) is 0 Å². The highest BCUT2D eigenvalue weighted by atomic mass is 32.1. The van der Waals surface area contributed by atoms with E-state index in [0.717, 1.165) is 15.4 Å². The molecule has 0 bridgehead atoms. The van der Waals surface area contributed by atoms with Crippen LogP contribution in [0, 0.1) is 6.92 Å². The first kappa shape index (κ1) is 8.62. The van der Waals surface area contributed by atoms with Gasteiger partial charge in [-0.05, 0) is 18.6 Å². The second kappa shape index (κ2) is 2.87. The number of hydrogen-bond acceptors (Lipinski definition) is 4. The van der Waals surface area contributed by atoms with Gasteiger partial charge in [-0.2, -0.15) is 0 Å². The second-order valence-electron chi connectivity index (χ2n) is 2.37. The van der Waals surface area contributed by atoms with Crippen molar-refractivity contribution >= 4 is 36.6 Å². The van der Waals surface area contributed by atoms with Gasteiger partial charge in [0.05, 0.1) is 11.4 Å². The summed E-state index contributed by atoms with van der Waals surface area (Å²) in [5.41, 5.74) is 13.4. The van der Waals surface area contributed by atoms with E-state index in [4.69, 9.17) is 11.5 Å². The Labute approximate surface area is 76.8 Å². The zero-order valence-corrected chi connectivity index (χ0v) is 7.92. The van der Waals surface area contributed by atoms with E-state index in [1.54, 1.807) is 6.07 Å². The van der Waals surface area contributed by atoms with Gasteiger partial charge in [0.2, 0.25) is 0 Å². The van der Waals surface area contributed by atoms with Crippen LogP contribution in [0.3, 0.4) is 0 Å². The molecule has 0 saturated heterocycles. The Morgan fingerprint density at radius 2 is 1.45 bits per heavy atom. The fourth-order valence-electron chi connectivity index (χ4n) is 0.814. The zero-order chi connectivity index (χ0) is 8.59. The molecule has 4 heteroatoms. The minimum Gasteiger partial charge on any atom is -0.398 e. The Bertz CT molecular complexity index is 271. The average Bonchev–Trinajstić information content (AvgIpc) is 1.97. The van der Waals surface area contributed by atoms with Gasteiger partial charge in [-0.25, -0.2) is 0 Å². The van der Waals surface area contributed by atoms with Crippen molar-refractivity contribution in [2.45, 2.75) is 16.7 Å². The molecule has 0 atom stereocenters. The lowest BCUT2D eigenvalue weighted by Crippen LogP contribution is -1.98. The van der Waals surface area contributed by atoms with Gasteiger partial charge in [0.1, 0.15) is 0 Å². The Hall–Kier alpha value is -0.480. The minimum atomic E-state index is 0.628. The van der Waals surface area contributed by atoms with Gasteiger partial charge < -0.3 is 11.5 Å². The van der Waals surface area contributed by atoms with Crippen LogP contribution in [0.5, 0.6) is 0 Å². The molecule has 0 saturated carbocycles. The largest absolute Gasteiger partial charge is 0.398 e. The molecule has 0 aliphatic rings. The van der Waals surface area contributed by atoms with Crippen LogP contribution >= 0.6 is 25.3 Å². The molecule has 0 radical (unpaired) electrons. The van der Waals surface area contributed by atoms with Crippen LogP contribution in [-0.4, -0.2) is 0 Å². The van der Waals surface area contributed by atoms with Gasteiger partial charge in [-0.1, -0.05) is 0 Å². The van der Waals surface area contributed by atoms with E-state index in [1.165, 1.54) is 0 Å². The van der Waals surface area contributed by atoms with E-state index in [1.807, 2.05) is 6.92 Å². The summed E-state index contributed by atoms with van der Waals surface area (Å²) in [7, 11) is 0. The molecule has 60 valence electrons. The molecule has 1 aromatic rings. The Balaban J connectivity index is 3.46. The zero-order valence-electron chi connectivity index (χ0n) is 6.13. The molecular weight excluding hydrogens is 176 g/mol. The lowest BCUT2D eigenvalue weighted by molar-refractivity contribution is 1.29. The third-order valence-corrected chi connectivity index (χ3v) is 2.37. The van der Waals surface area contributed by atoms with E-state index in [-0.39, 0.29) is 0 Å². The average molecular weight is 186 g/mol. The van der Waals surface area contributed by atoms with Gasteiger partial charge in [-0.15, -0.1) is 25.3 Å². The highest BCUT2D eigenvalue weighted by Crippen LogP contribution is 2.31. The van der Waals surface area contributed by atoms with Gasteiger partial charge in [0.25, 0.3) is 0 Å². The summed E-state index contributed by atoms with van der Waals surface area (Å²) >= 11 is 8.31. The SMILES string of the molecule is Cc1c(N)c(S)cc(S)c1N. The monoisotopic (exact) mass is 186 g/mol. The normalized spacial score (nSPS) is 10.1. The lowest BCUT2D eigenvalue weighted by Gasteiger charge is -2.08. The predicted octanol–water partition coefficient (Wildman–Crippen LogP) is 1.74. The standard InChI is InChI=1S/C7H10N2S2/c1-3-6(8)4(10)2-5(11)7(3)9/h2,10-11H,8-9H2,1H3. The van der Waals surface area contributed by atoms with Crippen LogP contribution in [0.25, 0.3) is 0 Å². The van der Waals surface area contributed by atoms with Crippen molar-refractivity contribution in [1.29, 1.82) is 0 Å². The molecule has 0 spiro atoms. The molecule has 2 nitrogen and oxygen atoms in total. The summed E-state index contributed by atoms with van der Waals surface area (Å²) in [6.07, 6.45) is 0. The van der Waals surface area contributed by atoms with E-state index >= 15 is 0 Å². The highest BCUT2D eigenvalue weighted by Gasteiger charge is 2.05. The van der Waals surface area contributed by atoms with Gasteiger partial charge in [0.15, 0.2) is 0 Å². The van der Waals surface area contributed by atoms with Crippen molar-refractivity contribution in [2.24, 2.45) is 0 Å². The van der Waals surface area contributed by atoms with E-state index in [0.29, 0.717) is 11.4 Å². The smallest absolute Gasteiger partial charge is 0.0500 e. The first-order valence-electron chi connectivity index (χ1n) is 3.10. The fourth-order valence-corrected chi connectivity index (χ4v) is 1.51. The first-order chi connectivity index (χ1) is 5.04. The molecular formula is C7H10N2S2. The molecule has 0 heterocycles. The van der Waals surface area contributed by atoms with Crippen LogP contribution in [0.2, 0.25) is 0 Å². The number of nitrogen functional groups attached to an aromatic ring is 2. The first-order valence-corrected chi connectivity index (χ1v) is 4.00. The molecule has 11 heavy (non-hydrogen) atoms. The van der Waals surface area contributed by atoms with Crippen molar-refractivity contribution < 1.29 is 0 Å². The van der Waals surface area contributed by atoms with Crippen molar-refractivity contribution in [1.82, 2.24) is 0 Å². The quantitative estimate of drug-likeness (QED) is 0.368. The Morgan fingerprint density at radius 3 is 1.82 bits per heavy atom. The summed E-state index contributed by atoms with van der Waals surface area (Å²) in [6, 6.07) is 1.74. The summed E-state index contributed by atoms with van der Waals surface area (Å²) in [6.45, 7) is 1.85. The van der Waals surface area contributed by atoms with E-state index in [9.17, 15) is 0 Å². The minimum absolute atomic E-state index is 0.628. The summed E-state index contributed by atoms with van der Waals surface area (Å²) in [5.74, 6) is 0. The van der Waals surface area contributed by atoms with Crippen molar-refractivity contribution in [3.8, 4) is 0 Å². The summed E-state index contributed by atoms with van der Waals surface area (Å²) < 4.78 is 0. The molecule has 0 aromatic heterocycles. The maximum atomic E-state index is 5.66. The summed E-state index contributed by atoms with van der Waals surface area (Å²) in [5, 5.41) is 0. The Morgan fingerprint density at radius 1 is 1.09 bits per heavy atom. The fraction of sp³-hybridized carbons (Fsp3) is 0.143. The van der Waals surface area contributed by atoms with Crippen LogP contribution in [0.4, 0.5) is 11.4 Å². The third-order valence-electron chi connectivity index (χ3n) is 1.63. The van der Waals surface area contributed by atoms with Crippen LogP contribution in [0.15, 0.2) is 15.9 Å². The predicted molar refractivity (Wildman–Crippen MR) is 54.5 cm³/mol. The molecule has 0 fully saturated rings. The number of hydrogen-bond donors (Lipinski definition) is 4. The number of thiol groups is 2. The van der Waals surface area contributed by atoms with Crippen LogP contribution < -0.4 is 11.5 Å². The van der Waals surface area contributed by atoms with Crippen LogP contribution in [-0.2, 0) is 0 Å². The van der Waals surface area contributed by atoms with Crippen molar-refractivity contribution in [3.05, 3.63) is 11.6 Å². The van der Waals surface area contributed by atoms with Crippen LogP contribution in [0.1, 0.15) is 5.56 Å². The molecule has 0 aliphatic heterocycles. The van der Waals surface area contributed by atoms with Crippen molar-refractivity contribution in [3.63, 3.8) is 0 Å². The number of rotatable bonds is 0. The molecule has 0 aliphatic carbocycles. The van der Waals surface area contributed by atoms with Gasteiger partial charge in [0, 0.05) is 9.79 Å². The molecule has 0 amide bonds. The highest BCUT2D eigenvalue weighted by molar-refractivity contribution is 7.81. The number of benzene rings is 1. The maximum absolute atomic E-state index is 5.66. The Kier molecular flexibility index (Phi) is 2.25. The van der Waals surface area contributed by atoms with E-state index < -0.39 is 0 Å². The lowest BCUT2D eigenvalue weighted by atomic mass is 10.1. The molecule has 0 unspecified atom stereocenters. The van der Waals surface area contributed by atoms with Gasteiger partial charge >= 0.3 is 0 Å². The van der Waals surface area contributed by atoms with E-state index in [2.05, 4.69) is 25.3 Å². The maximum Gasteiger partial charge on any atom is 0.0500 e. The third kappa shape index (κ3) is 1.41. The summed E-state index contributed by atoms with van der Waals surface area (Å²) in [4.78, 5) is 1.45. The molecule has 4 N–H and O–H groups in total. The topological polar surface area (TPSA) is 52.0 Å².